The first kappa shape index (κ1) is 17.0. The fourth-order valence-corrected chi connectivity index (χ4v) is 2.98. The van der Waals surface area contributed by atoms with Crippen LogP contribution < -0.4 is 16.4 Å². The maximum Gasteiger partial charge on any atom is 0.315 e. The number of nitrogens with two attached hydrogens (primary N) is 1. The molecule has 0 aliphatic heterocycles. The minimum absolute atomic E-state index is 0.207. The molecule has 0 aliphatic rings. The predicted octanol–water partition coefficient (Wildman–Crippen LogP) is 2.64. The van der Waals surface area contributed by atoms with Gasteiger partial charge in [-0.25, -0.2) is 14.8 Å². The average molecular weight is 340 g/mol. The lowest BCUT2D eigenvalue weighted by Gasteiger charge is -2.13. The van der Waals surface area contributed by atoms with E-state index in [1.54, 1.807) is 0 Å². The monoisotopic (exact) mass is 340 g/mol. The molecule has 0 saturated carbocycles. The average Bonchev–Trinajstić information content (AvgIpc) is 2.92. The first-order valence-corrected chi connectivity index (χ1v) is 8.56. The number of aromatic nitrogens is 3. The molecular weight excluding hydrogens is 316 g/mol. The standard InChI is InChI=1S/C18H24N6O/c1-4-20-18(25)21-9-14-23-15-16(24(14)10-11(2)3)12-7-5-6-8-13(12)22-17(15)19/h5-8,11H,4,9-10H2,1-3H3,(H2,19,22)(H2,20,21,25). The van der Waals surface area contributed by atoms with Crippen molar-refractivity contribution in [3.63, 3.8) is 0 Å². The summed E-state index contributed by atoms with van der Waals surface area (Å²) in [5.41, 5.74) is 8.66. The molecule has 1 aromatic carbocycles. The van der Waals surface area contributed by atoms with Crippen LogP contribution >= 0.6 is 0 Å². The number of carbonyl (C=O) groups excluding carboxylic acids is 1. The van der Waals surface area contributed by atoms with Crippen LogP contribution in [0.2, 0.25) is 0 Å². The van der Waals surface area contributed by atoms with Crippen LogP contribution in [0.4, 0.5) is 10.6 Å². The van der Waals surface area contributed by atoms with E-state index >= 15 is 0 Å². The maximum absolute atomic E-state index is 11.7. The number of fused-ring (bicyclic) bond motifs is 3. The molecule has 3 aromatic rings. The molecular formula is C18H24N6O. The quantitative estimate of drug-likeness (QED) is 0.665. The summed E-state index contributed by atoms with van der Waals surface area (Å²) in [6, 6.07) is 7.70. The highest BCUT2D eigenvalue weighted by Crippen LogP contribution is 2.29. The van der Waals surface area contributed by atoms with Crippen LogP contribution in [0.1, 0.15) is 26.6 Å². The molecule has 0 radical (unpaired) electrons. The Labute approximate surface area is 146 Å². The summed E-state index contributed by atoms with van der Waals surface area (Å²) in [7, 11) is 0. The van der Waals surface area contributed by atoms with Gasteiger partial charge in [0.15, 0.2) is 5.82 Å². The van der Waals surface area contributed by atoms with Crippen molar-refractivity contribution in [3.05, 3.63) is 30.1 Å². The van der Waals surface area contributed by atoms with Gasteiger partial charge in [-0.3, -0.25) is 0 Å². The minimum atomic E-state index is -0.207. The number of carbonyl (C=O) groups is 1. The van der Waals surface area contributed by atoms with Crippen LogP contribution in [0.5, 0.6) is 0 Å². The Morgan fingerprint density at radius 1 is 1.24 bits per heavy atom. The van der Waals surface area contributed by atoms with E-state index in [0.29, 0.717) is 30.3 Å². The fraction of sp³-hybridized carbons (Fsp3) is 0.389. The van der Waals surface area contributed by atoms with Crippen molar-refractivity contribution in [1.29, 1.82) is 0 Å². The van der Waals surface area contributed by atoms with Crippen LogP contribution in [-0.2, 0) is 13.1 Å². The van der Waals surface area contributed by atoms with E-state index in [1.807, 2.05) is 31.2 Å². The number of amides is 2. The van der Waals surface area contributed by atoms with Crippen LogP contribution in [-0.4, -0.2) is 27.1 Å². The second-order valence-corrected chi connectivity index (χ2v) is 6.46. The Hall–Kier alpha value is -2.83. The van der Waals surface area contributed by atoms with Crippen molar-refractivity contribution >= 4 is 33.8 Å². The Morgan fingerprint density at radius 3 is 2.72 bits per heavy atom. The summed E-state index contributed by atoms with van der Waals surface area (Å²) in [5.74, 6) is 1.61. The molecule has 0 fully saturated rings. The second-order valence-electron chi connectivity index (χ2n) is 6.46. The van der Waals surface area contributed by atoms with Crippen molar-refractivity contribution in [2.45, 2.75) is 33.9 Å². The van der Waals surface area contributed by atoms with E-state index in [9.17, 15) is 4.79 Å². The summed E-state index contributed by atoms with van der Waals surface area (Å²) < 4.78 is 2.15. The van der Waals surface area contributed by atoms with E-state index in [2.05, 4.69) is 39.0 Å². The molecule has 0 saturated heterocycles. The first-order valence-electron chi connectivity index (χ1n) is 8.56. The number of hydrogen-bond donors (Lipinski definition) is 3. The molecule has 0 spiro atoms. The normalized spacial score (nSPS) is 11.4. The molecule has 0 aliphatic carbocycles. The van der Waals surface area contributed by atoms with Crippen LogP contribution in [0.25, 0.3) is 21.9 Å². The van der Waals surface area contributed by atoms with E-state index in [1.165, 1.54) is 0 Å². The fourth-order valence-electron chi connectivity index (χ4n) is 2.98. The van der Waals surface area contributed by atoms with Gasteiger partial charge in [-0.15, -0.1) is 0 Å². The van der Waals surface area contributed by atoms with Gasteiger partial charge in [0, 0.05) is 18.5 Å². The topological polar surface area (TPSA) is 97.9 Å². The lowest BCUT2D eigenvalue weighted by Crippen LogP contribution is -2.35. The number of anilines is 1. The number of nitrogens with zero attached hydrogens (tertiary/aromatic N) is 3. The molecule has 7 nitrogen and oxygen atoms in total. The molecule has 2 aromatic heterocycles. The minimum Gasteiger partial charge on any atom is -0.382 e. The molecule has 0 bridgehead atoms. The Bertz CT molecular complexity index is 915. The Morgan fingerprint density at radius 2 is 2.00 bits per heavy atom. The van der Waals surface area contributed by atoms with E-state index < -0.39 is 0 Å². The molecule has 132 valence electrons. The maximum atomic E-state index is 11.7. The summed E-state index contributed by atoms with van der Waals surface area (Å²) in [4.78, 5) is 20.9. The number of pyridine rings is 1. The molecule has 3 rings (SSSR count). The molecule has 2 amide bonds. The number of urea groups is 1. The van der Waals surface area contributed by atoms with Crippen molar-refractivity contribution in [1.82, 2.24) is 25.2 Å². The van der Waals surface area contributed by atoms with E-state index in [0.717, 1.165) is 28.8 Å². The van der Waals surface area contributed by atoms with Crippen LogP contribution in [0.15, 0.2) is 24.3 Å². The van der Waals surface area contributed by atoms with Crippen molar-refractivity contribution in [2.24, 2.45) is 5.92 Å². The van der Waals surface area contributed by atoms with Gasteiger partial charge in [-0.1, -0.05) is 32.0 Å². The van der Waals surface area contributed by atoms with Gasteiger partial charge >= 0.3 is 6.03 Å². The molecule has 25 heavy (non-hydrogen) atoms. The van der Waals surface area contributed by atoms with Crippen molar-refractivity contribution in [2.75, 3.05) is 12.3 Å². The number of nitrogen functional groups attached to an aromatic ring is 1. The summed E-state index contributed by atoms with van der Waals surface area (Å²) in [6.45, 7) is 7.89. The van der Waals surface area contributed by atoms with E-state index in [-0.39, 0.29) is 6.03 Å². The van der Waals surface area contributed by atoms with Crippen molar-refractivity contribution < 1.29 is 4.79 Å². The lowest BCUT2D eigenvalue weighted by molar-refractivity contribution is 0.240. The van der Waals surface area contributed by atoms with Gasteiger partial charge in [0.05, 0.1) is 17.6 Å². The van der Waals surface area contributed by atoms with Gasteiger partial charge in [-0.2, -0.15) is 0 Å². The predicted molar refractivity (Wildman–Crippen MR) is 100 cm³/mol. The Kier molecular flexibility index (Phi) is 4.74. The third-order valence-corrected chi connectivity index (χ3v) is 3.98. The number of rotatable bonds is 5. The number of nitrogens with one attached hydrogen (secondary N) is 2. The smallest absolute Gasteiger partial charge is 0.315 e. The summed E-state index contributed by atoms with van der Waals surface area (Å²) >= 11 is 0. The number of imidazole rings is 1. The summed E-state index contributed by atoms with van der Waals surface area (Å²) in [6.07, 6.45) is 0. The number of benzene rings is 1. The number of hydrogen-bond acceptors (Lipinski definition) is 4. The SMILES string of the molecule is CCNC(=O)NCc1nc2c(N)nc3ccccc3c2n1CC(C)C. The third-order valence-electron chi connectivity index (χ3n) is 3.98. The molecule has 4 N–H and O–H groups in total. The highest BCUT2D eigenvalue weighted by molar-refractivity contribution is 6.06. The summed E-state index contributed by atoms with van der Waals surface area (Å²) in [5, 5.41) is 6.59. The second kappa shape index (κ2) is 6.96. The Balaban J connectivity index is 2.14. The van der Waals surface area contributed by atoms with Crippen LogP contribution in [0, 0.1) is 5.92 Å². The molecule has 2 heterocycles. The third kappa shape index (κ3) is 3.35. The zero-order valence-corrected chi connectivity index (χ0v) is 14.8. The number of para-hydroxylation sites is 1. The molecule has 0 atom stereocenters. The van der Waals surface area contributed by atoms with Gasteiger partial charge in [0.25, 0.3) is 0 Å². The first-order chi connectivity index (χ1) is 12.0. The largest absolute Gasteiger partial charge is 0.382 e. The molecule has 0 unspecified atom stereocenters. The lowest BCUT2D eigenvalue weighted by atomic mass is 10.1. The van der Waals surface area contributed by atoms with Crippen molar-refractivity contribution in [3.8, 4) is 0 Å². The van der Waals surface area contributed by atoms with E-state index in [4.69, 9.17) is 5.73 Å². The highest BCUT2D eigenvalue weighted by Gasteiger charge is 2.18. The molecule has 7 heteroatoms. The zero-order valence-electron chi connectivity index (χ0n) is 14.8. The highest BCUT2D eigenvalue weighted by atomic mass is 16.2. The van der Waals surface area contributed by atoms with Gasteiger partial charge in [0.2, 0.25) is 0 Å². The van der Waals surface area contributed by atoms with Gasteiger partial charge in [0.1, 0.15) is 11.3 Å². The zero-order chi connectivity index (χ0) is 18.0. The van der Waals surface area contributed by atoms with Gasteiger partial charge < -0.3 is 20.9 Å². The van der Waals surface area contributed by atoms with Crippen LogP contribution in [0.3, 0.4) is 0 Å². The van der Waals surface area contributed by atoms with Gasteiger partial charge in [-0.05, 0) is 18.9 Å².